The molecular formula is C17H19N3O. The first kappa shape index (κ1) is 13.6. The van der Waals surface area contributed by atoms with Gasteiger partial charge in [-0.2, -0.15) is 0 Å². The molecule has 0 bridgehead atoms. The van der Waals surface area contributed by atoms with Gasteiger partial charge in [-0.1, -0.05) is 18.2 Å². The summed E-state index contributed by atoms with van der Waals surface area (Å²) in [6.07, 6.45) is 6.15. The van der Waals surface area contributed by atoms with Crippen LogP contribution in [0.5, 0.6) is 0 Å². The number of nitrogens with one attached hydrogen (secondary N) is 1. The largest absolute Gasteiger partial charge is 0.449 e. The van der Waals surface area contributed by atoms with Crippen molar-refractivity contribution < 1.29 is 4.42 Å². The molecule has 4 heteroatoms. The molecule has 1 N–H and O–H groups in total. The van der Waals surface area contributed by atoms with Crippen LogP contribution in [0.2, 0.25) is 0 Å². The van der Waals surface area contributed by atoms with Gasteiger partial charge in [0, 0.05) is 31.2 Å². The molecule has 2 aromatic heterocycles. The zero-order chi connectivity index (χ0) is 14.8. The summed E-state index contributed by atoms with van der Waals surface area (Å²) in [6.45, 7) is 6.18. The van der Waals surface area contributed by atoms with Crippen molar-refractivity contribution >= 4 is 0 Å². The quantitative estimate of drug-likeness (QED) is 0.793. The van der Waals surface area contributed by atoms with Gasteiger partial charge in [-0.25, -0.2) is 9.97 Å². The molecule has 1 aromatic carbocycles. The second-order valence-electron chi connectivity index (χ2n) is 5.41. The van der Waals surface area contributed by atoms with E-state index in [2.05, 4.69) is 47.0 Å². The molecule has 0 saturated heterocycles. The molecule has 3 aromatic rings. The summed E-state index contributed by atoms with van der Waals surface area (Å²) in [5, 5.41) is 0. The topological polar surface area (TPSA) is 54.7 Å². The van der Waals surface area contributed by atoms with Gasteiger partial charge in [0.1, 0.15) is 6.26 Å². The monoisotopic (exact) mass is 281 g/mol. The number of oxazole rings is 1. The van der Waals surface area contributed by atoms with E-state index in [1.165, 1.54) is 16.7 Å². The maximum absolute atomic E-state index is 5.34. The zero-order valence-electron chi connectivity index (χ0n) is 12.6. The average Bonchev–Trinajstić information content (AvgIpc) is 3.11. The van der Waals surface area contributed by atoms with E-state index in [1.54, 1.807) is 12.6 Å². The fourth-order valence-electron chi connectivity index (χ4n) is 2.71. The van der Waals surface area contributed by atoms with Crippen LogP contribution in [0, 0.1) is 20.8 Å². The van der Waals surface area contributed by atoms with Gasteiger partial charge in [0.05, 0.1) is 12.0 Å². The van der Waals surface area contributed by atoms with Crippen molar-refractivity contribution in [1.29, 1.82) is 0 Å². The van der Waals surface area contributed by atoms with Gasteiger partial charge >= 0.3 is 0 Å². The fraction of sp³-hybridized carbons (Fsp3) is 0.294. The summed E-state index contributed by atoms with van der Waals surface area (Å²) < 4.78 is 5.34. The summed E-state index contributed by atoms with van der Waals surface area (Å²) >= 11 is 0. The van der Waals surface area contributed by atoms with Crippen LogP contribution < -0.4 is 0 Å². The highest BCUT2D eigenvalue weighted by atomic mass is 16.3. The Kier molecular flexibility index (Phi) is 3.60. The summed E-state index contributed by atoms with van der Waals surface area (Å²) in [6, 6.07) is 6.43. The first-order valence-corrected chi connectivity index (χ1v) is 7.10. The van der Waals surface area contributed by atoms with E-state index < -0.39 is 0 Å². The average molecular weight is 281 g/mol. The smallest absolute Gasteiger partial charge is 0.191 e. The van der Waals surface area contributed by atoms with E-state index in [9.17, 15) is 0 Å². The van der Waals surface area contributed by atoms with Crippen LogP contribution in [0.25, 0.3) is 0 Å². The lowest BCUT2D eigenvalue weighted by atomic mass is 9.87. The number of rotatable bonds is 4. The van der Waals surface area contributed by atoms with Gasteiger partial charge in [-0.3, -0.25) is 0 Å². The molecule has 21 heavy (non-hydrogen) atoms. The van der Waals surface area contributed by atoms with Crippen LogP contribution >= 0.6 is 0 Å². The van der Waals surface area contributed by atoms with Crippen LogP contribution in [0.4, 0.5) is 0 Å². The number of H-pyrrole nitrogens is 1. The number of benzene rings is 1. The van der Waals surface area contributed by atoms with Crippen LogP contribution in [0.3, 0.4) is 0 Å². The molecule has 4 nitrogen and oxygen atoms in total. The molecule has 0 spiro atoms. The Hall–Kier alpha value is -2.36. The van der Waals surface area contributed by atoms with Crippen molar-refractivity contribution in [2.75, 3.05) is 0 Å². The summed E-state index contributed by atoms with van der Waals surface area (Å²) in [7, 11) is 0. The van der Waals surface area contributed by atoms with Crippen molar-refractivity contribution in [3.05, 3.63) is 71.0 Å². The number of nitrogens with zero attached hydrogens (tertiary/aromatic N) is 2. The SMILES string of the molecule is Cc1nc(C[C@H](c2cnc[nH]2)c2cccc(C)c2C)co1. The molecule has 108 valence electrons. The van der Waals surface area contributed by atoms with Crippen molar-refractivity contribution in [1.82, 2.24) is 15.0 Å². The van der Waals surface area contributed by atoms with Gasteiger partial charge in [-0.15, -0.1) is 0 Å². The third-order valence-electron chi connectivity index (χ3n) is 4.00. The first-order chi connectivity index (χ1) is 10.1. The highest BCUT2D eigenvalue weighted by Crippen LogP contribution is 2.30. The van der Waals surface area contributed by atoms with Gasteiger partial charge in [0.15, 0.2) is 5.89 Å². The van der Waals surface area contributed by atoms with Crippen molar-refractivity contribution in [2.45, 2.75) is 33.1 Å². The Morgan fingerprint density at radius 1 is 1.24 bits per heavy atom. The molecular weight excluding hydrogens is 262 g/mol. The van der Waals surface area contributed by atoms with Gasteiger partial charge < -0.3 is 9.40 Å². The van der Waals surface area contributed by atoms with Crippen LogP contribution in [0.15, 0.2) is 41.4 Å². The normalized spacial score (nSPS) is 12.5. The van der Waals surface area contributed by atoms with Gasteiger partial charge in [0.25, 0.3) is 0 Å². The number of imidazole rings is 1. The number of aromatic amines is 1. The molecule has 0 aliphatic carbocycles. The minimum absolute atomic E-state index is 0.205. The highest BCUT2D eigenvalue weighted by Gasteiger charge is 2.20. The Morgan fingerprint density at radius 3 is 2.76 bits per heavy atom. The van der Waals surface area contributed by atoms with E-state index in [0.29, 0.717) is 5.89 Å². The standard InChI is InChI=1S/C17H19N3O/c1-11-5-4-6-15(12(11)2)16(17-8-18-10-19-17)7-14-9-21-13(3)20-14/h4-6,8-10,16H,7H2,1-3H3,(H,18,19)/t16-/m0/s1. The van der Waals surface area contributed by atoms with E-state index in [0.717, 1.165) is 17.8 Å². The Labute approximate surface area is 124 Å². The predicted octanol–water partition coefficient (Wildman–Crippen LogP) is 3.70. The molecule has 0 unspecified atom stereocenters. The van der Waals surface area contributed by atoms with Gasteiger partial charge in [0.2, 0.25) is 0 Å². The lowest BCUT2D eigenvalue weighted by molar-refractivity contribution is 0.520. The number of hydrogen-bond acceptors (Lipinski definition) is 3. The number of aryl methyl sites for hydroxylation is 2. The third-order valence-corrected chi connectivity index (χ3v) is 4.00. The number of aromatic nitrogens is 3. The fourth-order valence-corrected chi connectivity index (χ4v) is 2.71. The molecule has 3 rings (SSSR count). The molecule has 1 atom stereocenters. The zero-order valence-corrected chi connectivity index (χ0v) is 12.6. The Morgan fingerprint density at radius 2 is 2.10 bits per heavy atom. The van der Waals surface area contributed by atoms with Crippen LogP contribution in [-0.2, 0) is 6.42 Å². The van der Waals surface area contributed by atoms with Crippen LogP contribution in [-0.4, -0.2) is 15.0 Å². The molecule has 0 aliphatic rings. The minimum atomic E-state index is 0.205. The molecule has 0 radical (unpaired) electrons. The molecule has 2 heterocycles. The number of hydrogen-bond donors (Lipinski definition) is 1. The lowest BCUT2D eigenvalue weighted by Crippen LogP contribution is -2.08. The molecule has 0 fully saturated rings. The van der Waals surface area contributed by atoms with Crippen molar-refractivity contribution in [3.63, 3.8) is 0 Å². The molecule has 0 aliphatic heterocycles. The lowest BCUT2D eigenvalue weighted by Gasteiger charge is -2.18. The van der Waals surface area contributed by atoms with E-state index in [4.69, 9.17) is 4.42 Å². The molecule has 0 saturated carbocycles. The van der Waals surface area contributed by atoms with Crippen molar-refractivity contribution in [2.24, 2.45) is 0 Å². The second kappa shape index (κ2) is 5.56. The maximum atomic E-state index is 5.34. The van der Waals surface area contributed by atoms with Gasteiger partial charge in [-0.05, 0) is 30.5 Å². The third kappa shape index (κ3) is 2.75. The summed E-state index contributed by atoms with van der Waals surface area (Å²) in [5.74, 6) is 0.909. The van der Waals surface area contributed by atoms with E-state index in [1.807, 2.05) is 13.1 Å². The molecule has 0 amide bonds. The summed E-state index contributed by atoms with van der Waals surface area (Å²) in [4.78, 5) is 11.8. The maximum Gasteiger partial charge on any atom is 0.191 e. The minimum Gasteiger partial charge on any atom is -0.449 e. The Balaban J connectivity index is 2.02. The highest BCUT2D eigenvalue weighted by molar-refractivity contribution is 5.39. The summed E-state index contributed by atoms with van der Waals surface area (Å²) in [5.41, 5.74) is 5.99. The van der Waals surface area contributed by atoms with E-state index >= 15 is 0 Å². The van der Waals surface area contributed by atoms with Crippen molar-refractivity contribution in [3.8, 4) is 0 Å². The van der Waals surface area contributed by atoms with E-state index in [-0.39, 0.29) is 5.92 Å². The second-order valence-corrected chi connectivity index (χ2v) is 5.41. The van der Waals surface area contributed by atoms with Crippen LogP contribution in [0.1, 0.15) is 39.9 Å². The predicted molar refractivity (Wildman–Crippen MR) is 81.3 cm³/mol. The Bertz CT molecular complexity index is 728. The first-order valence-electron chi connectivity index (χ1n) is 7.10.